The van der Waals surface area contributed by atoms with Crippen molar-refractivity contribution in [2.75, 3.05) is 6.54 Å². The molecule has 0 aliphatic carbocycles. The van der Waals surface area contributed by atoms with Gasteiger partial charge in [0, 0.05) is 6.54 Å². The Kier molecular flexibility index (Phi) is 4.22. The van der Waals surface area contributed by atoms with Gasteiger partial charge in [0.15, 0.2) is 6.19 Å². The van der Waals surface area contributed by atoms with Crippen LogP contribution in [0.1, 0.15) is 12.5 Å². The lowest BCUT2D eigenvalue weighted by molar-refractivity contribution is 0.956. The number of hydrogen-bond acceptors (Lipinski definition) is 2. The van der Waals surface area contributed by atoms with Crippen molar-refractivity contribution in [2.24, 2.45) is 4.99 Å². The number of benzene rings is 1. The third-order valence-corrected chi connectivity index (χ3v) is 1.83. The van der Waals surface area contributed by atoms with Crippen LogP contribution in [0, 0.1) is 11.5 Å². The van der Waals surface area contributed by atoms with Gasteiger partial charge in [-0.1, -0.05) is 30.3 Å². The third kappa shape index (κ3) is 3.72. The number of rotatable bonds is 3. The first kappa shape index (κ1) is 10.3. The van der Waals surface area contributed by atoms with Crippen molar-refractivity contribution in [1.29, 1.82) is 5.26 Å². The average molecular weight is 187 g/mol. The molecular weight excluding hydrogens is 174 g/mol. The lowest BCUT2D eigenvalue weighted by atomic mass is 10.2. The van der Waals surface area contributed by atoms with Crippen LogP contribution in [0.2, 0.25) is 0 Å². The number of hydrogen-bond donors (Lipinski definition) is 1. The molecule has 0 saturated heterocycles. The van der Waals surface area contributed by atoms with Gasteiger partial charge in [0.1, 0.15) is 5.84 Å². The van der Waals surface area contributed by atoms with Crippen LogP contribution in [0.25, 0.3) is 0 Å². The summed E-state index contributed by atoms with van der Waals surface area (Å²) in [6.45, 7) is 2.50. The molecule has 0 amide bonds. The maximum absolute atomic E-state index is 8.31. The molecule has 0 saturated carbocycles. The van der Waals surface area contributed by atoms with Crippen LogP contribution in [0.4, 0.5) is 0 Å². The summed E-state index contributed by atoms with van der Waals surface area (Å²) < 4.78 is 0. The van der Waals surface area contributed by atoms with Gasteiger partial charge < -0.3 is 0 Å². The largest absolute Gasteiger partial charge is 0.281 e. The monoisotopic (exact) mass is 187 g/mol. The van der Waals surface area contributed by atoms with E-state index in [9.17, 15) is 0 Å². The van der Waals surface area contributed by atoms with Crippen LogP contribution in [0.15, 0.2) is 35.3 Å². The number of nitrogens with one attached hydrogen (secondary N) is 1. The Morgan fingerprint density at radius 3 is 2.79 bits per heavy atom. The van der Waals surface area contributed by atoms with Gasteiger partial charge in [-0.3, -0.25) is 10.3 Å². The number of nitrogens with zero attached hydrogens (tertiary/aromatic N) is 2. The van der Waals surface area contributed by atoms with E-state index in [1.807, 2.05) is 24.4 Å². The van der Waals surface area contributed by atoms with E-state index in [0.717, 1.165) is 6.42 Å². The molecular formula is C11H13N3. The third-order valence-electron chi connectivity index (χ3n) is 1.83. The first-order valence-electron chi connectivity index (χ1n) is 4.53. The average Bonchev–Trinajstić information content (AvgIpc) is 2.20. The Hall–Kier alpha value is -1.82. The SMILES string of the molecule is CC(=NCCc1ccccc1)NC#N. The molecule has 0 fully saturated rings. The first-order valence-corrected chi connectivity index (χ1v) is 4.53. The molecule has 14 heavy (non-hydrogen) atoms. The zero-order chi connectivity index (χ0) is 10.2. The molecule has 0 aliphatic heterocycles. The fourth-order valence-corrected chi connectivity index (χ4v) is 1.12. The van der Waals surface area contributed by atoms with E-state index in [-0.39, 0.29) is 0 Å². The van der Waals surface area contributed by atoms with E-state index >= 15 is 0 Å². The predicted octanol–water partition coefficient (Wildman–Crippen LogP) is 1.72. The molecule has 0 heterocycles. The van der Waals surface area contributed by atoms with Crippen molar-refractivity contribution in [1.82, 2.24) is 5.32 Å². The molecule has 0 aromatic heterocycles. The highest BCUT2D eigenvalue weighted by atomic mass is 15.0. The second-order valence-corrected chi connectivity index (χ2v) is 2.94. The van der Waals surface area contributed by atoms with E-state index < -0.39 is 0 Å². The van der Waals surface area contributed by atoms with Crippen molar-refractivity contribution in [3.8, 4) is 6.19 Å². The number of aliphatic imine (C=N–C) groups is 1. The Labute approximate surface area is 84.1 Å². The van der Waals surface area contributed by atoms with E-state index in [1.54, 1.807) is 6.92 Å². The van der Waals surface area contributed by atoms with Crippen molar-refractivity contribution < 1.29 is 0 Å². The smallest absolute Gasteiger partial charge is 0.182 e. The maximum Gasteiger partial charge on any atom is 0.182 e. The minimum Gasteiger partial charge on any atom is -0.281 e. The van der Waals surface area contributed by atoms with Crippen LogP contribution in [-0.2, 0) is 6.42 Å². The van der Waals surface area contributed by atoms with Crippen molar-refractivity contribution >= 4 is 5.84 Å². The molecule has 3 heteroatoms. The van der Waals surface area contributed by atoms with Gasteiger partial charge in [-0.05, 0) is 18.9 Å². The Bertz CT molecular complexity index is 335. The van der Waals surface area contributed by atoms with E-state index in [4.69, 9.17) is 5.26 Å². The van der Waals surface area contributed by atoms with Crippen LogP contribution >= 0.6 is 0 Å². The van der Waals surface area contributed by atoms with Gasteiger partial charge in [0.25, 0.3) is 0 Å². The summed E-state index contributed by atoms with van der Waals surface area (Å²) in [4.78, 5) is 4.19. The zero-order valence-electron chi connectivity index (χ0n) is 8.20. The summed E-state index contributed by atoms with van der Waals surface area (Å²) in [5.41, 5.74) is 1.26. The topological polar surface area (TPSA) is 48.2 Å². The van der Waals surface area contributed by atoms with Gasteiger partial charge in [-0.2, -0.15) is 5.26 Å². The van der Waals surface area contributed by atoms with Gasteiger partial charge in [-0.25, -0.2) is 0 Å². The molecule has 1 rings (SSSR count). The van der Waals surface area contributed by atoms with Crippen LogP contribution in [0.5, 0.6) is 0 Å². The first-order chi connectivity index (χ1) is 6.83. The molecule has 72 valence electrons. The molecule has 3 nitrogen and oxygen atoms in total. The lowest BCUT2D eigenvalue weighted by Gasteiger charge is -1.98. The highest BCUT2D eigenvalue weighted by molar-refractivity contribution is 5.80. The Morgan fingerprint density at radius 2 is 2.14 bits per heavy atom. The highest BCUT2D eigenvalue weighted by Gasteiger charge is 1.90. The fraction of sp³-hybridized carbons (Fsp3) is 0.273. The molecule has 0 unspecified atom stereocenters. The minimum atomic E-state index is 0.670. The molecule has 1 N–H and O–H groups in total. The standard InChI is InChI=1S/C11H13N3/c1-10(14-9-12)13-8-7-11-5-3-2-4-6-11/h2-6H,7-8H2,1H3,(H,13,14). The fourth-order valence-electron chi connectivity index (χ4n) is 1.12. The predicted molar refractivity (Wildman–Crippen MR) is 56.9 cm³/mol. The van der Waals surface area contributed by atoms with E-state index in [0.29, 0.717) is 12.4 Å². The van der Waals surface area contributed by atoms with Crippen molar-refractivity contribution in [3.05, 3.63) is 35.9 Å². The normalized spacial score (nSPS) is 10.7. The quantitative estimate of drug-likeness (QED) is 0.339. The highest BCUT2D eigenvalue weighted by Crippen LogP contribution is 1.99. The summed E-state index contributed by atoms with van der Waals surface area (Å²) in [5.74, 6) is 0.670. The second kappa shape index (κ2) is 5.76. The molecule has 0 aliphatic rings. The zero-order valence-corrected chi connectivity index (χ0v) is 8.20. The van der Waals surface area contributed by atoms with Gasteiger partial charge in [0.2, 0.25) is 0 Å². The summed E-state index contributed by atoms with van der Waals surface area (Å²) in [6.07, 6.45) is 2.74. The summed E-state index contributed by atoms with van der Waals surface area (Å²) in [5, 5.41) is 10.8. The van der Waals surface area contributed by atoms with Crippen LogP contribution < -0.4 is 5.32 Å². The molecule has 0 bridgehead atoms. The minimum absolute atomic E-state index is 0.670. The van der Waals surface area contributed by atoms with Crippen LogP contribution in [0.3, 0.4) is 0 Å². The van der Waals surface area contributed by atoms with Crippen molar-refractivity contribution in [3.63, 3.8) is 0 Å². The summed E-state index contributed by atoms with van der Waals surface area (Å²) >= 11 is 0. The van der Waals surface area contributed by atoms with Gasteiger partial charge in [-0.15, -0.1) is 0 Å². The maximum atomic E-state index is 8.31. The van der Waals surface area contributed by atoms with Gasteiger partial charge >= 0.3 is 0 Å². The van der Waals surface area contributed by atoms with E-state index in [1.165, 1.54) is 5.56 Å². The number of amidine groups is 1. The molecule has 1 aromatic rings. The Balaban J connectivity index is 2.36. The molecule has 1 aromatic carbocycles. The number of nitriles is 1. The molecule has 0 radical (unpaired) electrons. The van der Waals surface area contributed by atoms with Crippen molar-refractivity contribution in [2.45, 2.75) is 13.3 Å². The summed E-state index contributed by atoms with van der Waals surface area (Å²) in [7, 11) is 0. The van der Waals surface area contributed by atoms with Crippen LogP contribution in [-0.4, -0.2) is 12.4 Å². The second-order valence-electron chi connectivity index (χ2n) is 2.94. The molecule has 0 spiro atoms. The van der Waals surface area contributed by atoms with E-state index in [2.05, 4.69) is 22.4 Å². The van der Waals surface area contributed by atoms with Gasteiger partial charge in [0.05, 0.1) is 0 Å². The Morgan fingerprint density at radius 1 is 1.43 bits per heavy atom. The molecule has 0 atom stereocenters. The lowest BCUT2D eigenvalue weighted by Crippen LogP contribution is -2.13. The summed E-state index contributed by atoms with van der Waals surface area (Å²) in [6, 6.07) is 10.2.